The van der Waals surface area contributed by atoms with Crippen molar-refractivity contribution in [3.05, 3.63) is 33.7 Å². The van der Waals surface area contributed by atoms with Crippen molar-refractivity contribution in [1.82, 2.24) is 14.4 Å². The number of hydrogen-bond acceptors (Lipinski definition) is 4. The van der Waals surface area contributed by atoms with Crippen LogP contribution in [0.4, 0.5) is 8.78 Å². The molecule has 28 heavy (non-hydrogen) atoms. The Labute approximate surface area is 160 Å². The number of amides is 1. The van der Waals surface area contributed by atoms with E-state index in [0.29, 0.717) is 19.6 Å². The van der Waals surface area contributed by atoms with Gasteiger partial charge in [0.2, 0.25) is 0 Å². The highest BCUT2D eigenvalue weighted by molar-refractivity contribution is 5.94. The Bertz CT molecular complexity index is 869. The van der Waals surface area contributed by atoms with Gasteiger partial charge in [0.1, 0.15) is 5.56 Å². The maximum atomic E-state index is 13.7. The topological polar surface area (TPSA) is 82.8 Å². The van der Waals surface area contributed by atoms with Crippen molar-refractivity contribution in [3.63, 3.8) is 0 Å². The zero-order valence-electron chi connectivity index (χ0n) is 15.4. The Hall–Kier alpha value is -2.29. The second-order valence-electron chi connectivity index (χ2n) is 8.16. The number of carbonyl (C=O) groups excluding carboxylic acids is 1. The molecule has 1 aromatic rings. The summed E-state index contributed by atoms with van der Waals surface area (Å²) < 4.78 is 28.9. The molecule has 0 spiro atoms. The molecule has 152 valence electrons. The summed E-state index contributed by atoms with van der Waals surface area (Å²) in [5, 5.41) is 9.03. The predicted octanol–water partition coefficient (Wildman–Crippen LogP) is 1.22. The summed E-state index contributed by atoms with van der Waals surface area (Å²) in [7, 11) is 0. The number of hydrogen-bond donors (Lipinski definition) is 1. The monoisotopic (exact) mass is 395 g/mol. The minimum absolute atomic E-state index is 0.0306. The average molecular weight is 395 g/mol. The molecular formula is C19H23F2N3O4. The number of aromatic nitrogens is 1. The molecule has 0 aromatic carbocycles. The Morgan fingerprint density at radius 1 is 1.21 bits per heavy atom. The number of piperidine rings is 2. The van der Waals surface area contributed by atoms with Gasteiger partial charge in [-0.3, -0.25) is 19.3 Å². The molecule has 4 heterocycles. The van der Waals surface area contributed by atoms with Crippen molar-refractivity contribution in [2.45, 2.75) is 37.6 Å². The highest BCUT2D eigenvalue weighted by atomic mass is 19.3. The molecule has 0 aliphatic carbocycles. The normalized spacial score (nSPS) is 26.6. The lowest BCUT2D eigenvalue weighted by molar-refractivity contribution is -0.139. The van der Waals surface area contributed by atoms with Crippen LogP contribution < -0.4 is 5.56 Å². The number of alkyl halides is 2. The van der Waals surface area contributed by atoms with Crippen molar-refractivity contribution in [1.29, 1.82) is 0 Å². The third kappa shape index (κ3) is 3.55. The van der Waals surface area contributed by atoms with E-state index >= 15 is 0 Å². The van der Waals surface area contributed by atoms with Gasteiger partial charge in [-0.05, 0) is 30.9 Å². The molecule has 0 radical (unpaired) electrons. The molecule has 9 heteroatoms. The van der Waals surface area contributed by atoms with Gasteiger partial charge in [-0.1, -0.05) is 0 Å². The summed E-state index contributed by atoms with van der Waals surface area (Å²) >= 11 is 0. The molecular weight excluding hydrogens is 372 g/mol. The maximum absolute atomic E-state index is 13.7. The van der Waals surface area contributed by atoms with Gasteiger partial charge < -0.3 is 14.6 Å². The van der Waals surface area contributed by atoms with Crippen molar-refractivity contribution in [2.75, 3.05) is 32.7 Å². The number of carbonyl (C=O) groups is 2. The van der Waals surface area contributed by atoms with Crippen molar-refractivity contribution in [3.8, 4) is 0 Å². The van der Waals surface area contributed by atoms with Crippen LogP contribution >= 0.6 is 0 Å². The first-order chi connectivity index (χ1) is 13.2. The molecule has 2 saturated heterocycles. The minimum atomic E-state index is -2.91. The summed E-state index contributed by atoms with van der Waals surface area (Å²) in [5.41, 5.74) is 0.290. The minimum Gasteiger partial charge on any atom is -0.480 e. The Morgan fingerprint density at radius 2 is 2.00 bits per heavy atom. The van der Waals surface area contributed by atoms with Crippen molar-refractivity contribution < 1.29 is 23.5 Å². The number of nitrogens with zero attached hydrogens (tertiary/aromatic N) is 3. The largest absolute Gasteiger partial charge is 0.480 e. The first-order valence-corrected chi connectivity index (χ1v) is 9.58. The number of fused-ring (bicyclic) bond motifs is 4. The zero-order valence-corrected chi connectivity index (χ0v) is 15.4. The number of halogens is 2. The molecule has 0 saturated carbocycles. The average Bonchev–Trinajstić information content (AvgIpc) is 2.60. The lowest BCUT2D eigenvalue weighted by Crippen LogP contribution is -2.50. The van der Waals surface area contributed by atoms with Gasteiger partial charge in [0.25, 0.3) is 17.4 Å². The predicted molar refractivity (Wildman–Crippen MR) is 95.7 cm³/mol. The Kier molecular flexibility index (Phi) is 4.73. The van der Waals surface area contributed by atoms with Gasteiger partial charge in [0.15, 0.2) is 0 Å². The maximum Gasteiger partial charge on any atom is 0.317 e. The summed E-state index contributed by atoms with van der Waals surface area (Å²) in [6, 6.07) is 3.17. The van der Waals surface area contributed by atoms with Crippen molar-refractivity contribution in [2.24, 2.45) is 5.92 Å². The smallest absolute Gasteiger partial charge is 0.317 e. The Balaban J connectivity index is 1.60. The van der Waals surface area contributed by atoms with Crippen LogP contribution in [-0.4, -0.2) is 70.0 Å². The molecule has 2 atom stereocenters. The highest BCUT2D eigenvalue weighted by Gasteiger charge is 2.39. The molecule has 0 unspecified atom stereocenters. The molecule has 1 aromatic heterocycles. The van der Waals surface area contributed by atoms with Crippen molar-refractivity contribution >= 4 is 11.9 Å². The molecule has 1 amide bonds. The Morgan fingerprint density at radius 3 is 2.71 bits per heavy atom. The van der Waals surface area contributed by atoms with Gasteiger partial charge in [0.05, 0.1) is 13.1 Å². The third-order valence-electron chi connectivity index (χ3n) is 5.95. The first-order valence-electron chi connectivity index (χ1n) is 9.58. The van der Waals surface area contributed by atoms with Crippen LogP contribution in [0.1, 0.15) is 41.2 Å². The van der Waals surface area contributed by atoms with E-state index in [1.165, 1.54) is 6.07 Å². The number of aliphatic carboxylic acids is 1. The molecule has 3 aliphatic heterocycles. The summed E-state index contributed by atoms with van der Waals surface area (Å²) in [6.45, 7) is 1.10. The SMILES string of the molecule is O=C(O)CN1C[C@@H]2C[C@H](C1)c1ccc(C(=O)N3CCCC(F)(F)C3)c(=O)n1C2. The third-order valence-corrected chi connectivity index (χ3v) is 5.95. The van der Waals surface area contributed by atoms with E-state index < -0.39 is 29.9 Å². The first kappa shape index (κ1) is 19.0. The number of pyridine rings is 1. The number of carboxylic acids is 1. The van der Waals surface area contributed by atoms with Crippen LogP contribution in [0, 0.1) is 5.92 Å². The van der Waals surface area contributed by atoms with Gasteiger partial charge in [-0.15, -0.1) is 0 Å². The molecule has 1 N–H and O–H groups in total. The standard InChI is InChI=1S/C19H23F2N3O4/c20-19(21)4-1-5-23(11-19)17(27)14-2-3-15-13-6-12(8-24(15)18(14)28)7-22(9-13)10-16(25)26/h2-3,12-13H,1,4-11H2,(H,25,26)/t12-,13+/m0/s1. The van der Waals surface area contributed by atoms with Crippen LogP contribution in [0.25, 0.3) is 0 Å². The second kappa shape index (κ2) is 6.95. The van der Waals surface area contributed by atoms with Gasteiger partial charge in [-0.2, -0.15) is 0 Å². The van der Waals surface area contributed by atoms with Crippen LogP contribution in [-0.2, 0) is 11.3 Å². The number of rotatable bonds is 3. The highest BCUT2D eigenvalue weighted by Crippen LogP contribution is 2.35. The van der Waals surface area contributed by atoms with E-state index in [9.17, 15) is 23.2 Å². The molecule has 2 fully saturated rings. The summed E-state index contributed by atoms with van der Waals surface area (Å²) in [6.07, 6.45) is 0.853. The quantitative estimate of drug-likeness (QED) is 0.832. The molecule has 4 rings (SSSR count). The summed E-state index contributed by atoms with van der Waals surface area (Å²) in [4.78, 5) is 39.7. The van der Waals surface area contributed by atoms with E-state index in [2.05, 4.69) is 0 Å². The number of carboxylic acid groups (broad SMARTS) is 1. The van der Waals surface area contributed by atoms with E-state index in [4.69, 9.17) is 5.11 Å². The van der Waals surface area contributed by atoms with Gasteiger partial charge in [-0.25, -0.2) is 8.78 Å². The van der Waals surface area contributed by atoms with E-state index in [1.54, 1.807) is 10.6 Å². The fraction of sp³-hybridized carbons (Fsp3) is 0.632. The van der Waals surface area contributed by atoms with E-state index in [1.807, 2.05) is 4.90 Å². The number of likely N-dealkylation sites (tertiary alicyclic amines) is 2. The van der Waals surface area contributed by atoms with Crippen LogP contribution in [0.2, 0.25) is 0 Å². The van der Waals surface area contributed by atoms with Crippen LogP contribution in [0.15, 0.2) is 16.9 Å². The van der Waals surface area contributed by atoms with Crippen LogP contribution in [0.3, 0.4) is 0 Å². The molecule has 3 aliphatic rings. The van der Waals surface area contributed by atoms with Crippen LogP contribution in [0.5, 0.6) is 0 Å². The second-order valence-corrected chi connectivity index (χ2v) is 8.16. The van der Waals surface area contributed by atoms with E-state index in [-0.39, 0.29) is 43.3 Å². The van der Waals surface area contributed by atoms with Gasteiger partial charge >= 0.3 is 5.97 Å². The van der Waals surface area contributed by atoms with Gasteiger partial charge in [0, 0.05) is 44.2 Å². The zero-order chi connectivity index (χ0) is 20.1. The fourth-order valence-electron chi connectivity index (χ4n) is 4.84. The molecule has 2 bridgehead atoms. The molecule has 7 nitrogen and oxygen atoms in total. The lowest BCUT2D eigenvalue weighted by Gasteiger charge is -2.42. The van der Waals surface area contributed by atoms with E-state index in [0.717, 1.165) is 17.0 Å². The summed E-state index contributed by atoms with van der Waals surface area (Å²) in [5.74, 6) is -4.27. The fourth-order valence-corrected chi connectivity index (χ4v) is 4.84. The lowest BCUT2D eigenvalue weighted by atomic mass is 9.83.